The van der Waals surface area contributed by atoms with E-state index in [2.05, 4.69) is 10.3 Å². The minimum absolute atomic E-state index is 0.104. The Morgan fingerprint density at radius 1 is 1.68 bits per heavy atom. The van der Waals surface area contributed by atoms with Crippen molar-refractivity contribution in [2.45, 2.75) is 12.5 Å². The maximum atomic E-state index is 11.8. The molecule has 0 aliphatic carbocycles. The largest absolute Gasteiger partial charge is 0.383 e. The van der Waals surface area contributed by atoms with Gasteiger partial charge < -0.3 is 15.4 Å². The van der Waals surface area contributed by atoms with Crippen molar-refractivity contribution in [3.05, 3.63) is 45.9 Å². The molecule has 0 aromatic carbocycles. The lowest BCUT2D eigenvalue weighted by Gasteiger charge is -2.22. The lowest BCUT2D eigenvalue weighted by atomic mass is 10.1. The number of H-pyrrole nitrogens is 1. The number of carbonyl (C=O) groups excluding carboxylic acids is 1. The Hall–Kier alpha value is -2.10. The number of aliphatic hydroxyl groups is 1. The normalized spacial score (nSPS) is 13.5. The average molecular weight is 275 g/mol. The third kappa shape index (κ3) is 3.02. The number of carbonyl (C=O) groups is 1. The van der Waals surface area contributed by atoms with Gasteiger partial charge in [0.1, 0.15) is 17.4 Å². The van der Waals surface area contributed by atoms with E-state index in [0.29, 0.717) is 11.3 Å². The van der Waals surface area contributed by atoms with Gasteiger partial charge in [-0.3, -0.25) is 4.79 Å². The molecule has 0 saturated carbocycles. The van der Waals surface area contributed by atoms with Crippen LogP contribution in [-0.2, 0) is 5.60 Å². The summed E-state index contributed by atoms with van der Waals surface area (Å²) in [6.07, 6.45) is 1.46. The first-order chi connectivity index (χ1) is 9.03. The smallest absolute Gasteiger partial charge is 0.267 e. The molecule has 0 spiro atoms. The zero-order chi connectivity index (χ0) is 13.9. The molecule has 1 unspecified atom stereocenters. The highest BCUT2D eigenvalue weighted by Crippen LogP contribution is 2.24. The summed E-state index contributed by atoms with van der Waals surface area (Å²) in [7, 11) is 0. The van der Waals surface area contributed by atoms with Crippen molar-refractivity contribution in [3.63, 3.8) is 0 Å². The highest BCUT2D eigenvalue weighted by molar-refractivity contribution is 7.10. The van der Waals surface area contributed by atoms with Gasteiger partial charge in [-0.2, -0.15) is 5.26 Å². The first-order valence-corrected chi connectivity index (χ1v) is 6.54. The van der Waals surface area contributed by atoms with Crippen LogP contribution in [0.25, 0.3) is 0 Å². The van der Waals surface area contributed by atoms with Crippen LogP contribution in [0, 0.1) is 11.3 Å². The van der Waals surface area contributed by atoms with Gasteiger partial charge in [0, 0.05) is 11.1 Å². The van der Waals surface area contributed by atoms with Gasteiger partial charge in [-0.25, -0.2) is 0 Å². The number of rotatable bonds is 4. The summed E-state index contributed by atoms with van der Waals surface area (Å²) in [5, 5.41) is 23.4. The monoisotopic (exact) mass is 275 g/mol. The van der Waals surface area contributed by atoms with Crippen molar-refractivity contribution in [1.82, 2.24) is 10.3 Å². The fraction of sp³-hybridized carbons (Fsp3) is 0.231. The predicted molar refractivity (Wildman–Crippen MR) is 71.7 cm³/mol. The minimum atomic E-state index is -1.10. The summed E-state index contributed by atoms with van der Waals surface area (Å²) >= 11 is 1.43. The van der Waals surface area contributed by atoms with Crippen LogP contribution in [0.2, 0.25) is 0 Å². The van der Waals surface area contributed by atoms with Crippen LogP contribution in [0.3, 0.4) is 0 Å². The maximum Gasteiger partial charge on any atom is 0.267 e. The zero-order valence-electron chi connectivity index (χ0n) is 10.3. The van der Waals surface area contributed by atoms with Crippen molar-refractivity contribution in [3.8, 4) is 6.07 Å². The molecule has 5 nitrogen and oxygen atoms in total. The first-order valence-electron chi connectivity index (χ1n) is 5.66. The van der Waals surface area contributed by atoms with Crippen molar-refractivity contribution >= 4 is 17.2 Å². The molecule has 98 valence electrons. The fourth-order valence-electron chi connectivity index (χ4n) is 1.61. The molecule has 0 radical (unpaired) electrons. The number of nitrogens with one attached hydrogen (secondary N) is 2. The second-order valence-corrected chi connectivity index (χ2v) is 5.30. The highest BCUT2D eigenvalue weighted by atomic mass is 32.1. The molecule has 2 aromatic rings. The number of amides is 1. The topological polar surface area (TPSA) is 88.9 Å². The van der Waals surface area contributed by atoms with Crippen LogP contribution in [0.5, 0.6) is 0 Å². The Morgan fingerprint density at radius 2 is 2.47 bits per heavy atom. The van der Waals surface area contributed by atoms with Crippen molar-refractivity contribution < 1.29 is 9.90 Å². The van der Waals surface area contributed by atoms with Gasteiger partial charge in [-0.15, -0.1) is 11.3 Å². The van der Waals surface area contributed by atoms with Gasteiger partial charge in [-0.05, 0) is 24.4 Å². The second-order valence-electron chi connectivity index (χ2n) is 4.35. The third-order valence-corrected chi connectivity index (χ3v) is 3.82. The standard InChI is InChI=1S/C13H13N3O2S/c1-13(18,11-3-2-4-19-11)8-16-12(17)10-5-9(6-14)7-15-10/h2-5,7,15,18H,8H2,1H3,(H,16,17). The molecular weight excluding hydrogens is 262 g/mol. The number of hydrogen-bond donors (Lipinski definition) is 3. The van der Waals surface area contributed by atoms with Crippen LogP contribution >= 0.6 is 11.3 Å². The summed E-state index contributed by atoms with van der Waals surface area (Å²) in [5.74, 6) is -0.349. The van der Waals surface area contributed by atoms with Crippen LogP contribution in [0.4, 0.5) is 0 Å². The number of aromatic amines is 1. The molecule has 0 aliphatic heterocycles. The van der Waals surface area contributed by atoms with Crippen molar-refractivity contribution in [2.75, 3.05) is 6.54 Å². The lowest BCUT2D eigenvalue weighted by molar-refractivity contribution is 0.0555. The molecule has 6 heteroatoms. The number of nitriles is 1. The molecule has 3 N–H and O–H groups in total. The van der Waals surface area contributed by atoms with Gasteiger partial charge in [0.2, 0.25) is 0 Å². The molecule has 1 atom stereocenters. The Morgan fingerprint density at radius 3 is 3.05 bits per heavy atom. The van der Waals surface area contributed by atoms with Crippen molar-refractivity contribution in [2.24, 2.45) is 0 Å². The fourth-order valence-corrected chi connectivity index (χ4v) is 2.40. The van der Waals surface area contributed by atoms with E-state index in [1.165, 1.54) is 23.6 Å². The van der Waals surface area contributed by atoms with Gasteiger partial charge >= 0.3 is 0 Å². The van der Waals surface area contributed by atoms with Gasteiger partial charge in [0.05, 0.1) is 12.1 Å². The SMILES string of the molecule is CC(O)(CNC(=O)c1cc(C#N)c[nH]1)c1cccs1. The Bertz CT molecular complexity index is 608. The Kier molecular flexibility index (Phi) is 3.69. The van der Waals surface area contributed by atoms with Crippen LogP contribution < -0.4 is 5.32 Å². The maximum absolute atomic E-state index is 11.8. The average Bonchev–Trinajstić information content (AvgIpc) is 3.06. The molecule has 0 fully saturated rings. The quantitative estimate of drug-likeness (QED) is 0.791. The molecule has 2 rings (SSSR count). The molecule has 0 saturated heterocycles. The number of hydrogen-bond acceptors (Lipinski definition) is 4. The van der Waals surface area contributed by atoms with Gasteiger partial charge in [0.15, 0.2) is 0 Å². The van der Waals surface area contributed by atoms with E-state index >= 15 is 0 Å². The number of aromatic nitrogens is 1. The summed E-state index contributed by atoms with van der Waals surface area (Å²) in [4.78, 5) is 15.3. The van der Waals surface area contributed by atoms with E-state index in [9.17, 15) is 9.90 Å². The summed E-state index contributed by atoms with van der Waals surface area (Å²) in [6.45, 7) is 1.75. The molecule has 0 aliphatic rings. The third-order valence-electron chi connectivity index (χ3n) is 2.70. The van der Waals surface area contributed by atoms with E-state index < -0.39 is 5.60 Å². The van der Waals surface area contributed by atoms with E-state index in [-0.39, 0.29) is 12.5 Å². The lowest BCUT2D eigenvalue weighted by Crippen LogP contribution is -2.38. The van der Waals surface area contributed by atoms with Crippen LogP contribution in [-0.4, -0.2) is 22.5 Å². The number of nitrogens with zero attached hydrogens (tertiary/aromatic N) is 1. The molecule has 0 bridgehead atoms. The second kappa shape index (κ2) is 5.26. The van der Waals surface area contributed by atoms with E-state index in [4.69, 9.17) is 5.26 Å². The minimum Gasteiger partial charge on any atom is -0.383 e. The first kappa shape index (κ1) is 13.3. The Labute approximate surface area is 114 Å². The highest BCUT2D eigenvalue weighted by Gasteiger charge is 2.25. The summed E-state index contributed by atoms with van der Waals surface area (Å²) in [6, 6.07) is 7.07. The number of thiophene rings is 1. The molecule has 1 amide bonds. The van der Waals surface area contributed by atoms with Crippen LogP contribution in [0.1, 0.15) is 27.9 Å². The van der Waals surface area contributed by atoms with E-state index in [1.54, 1.807) is 6.92 Å². The van der Waals surface area contributed by atoms with E-state index in [1.807, 2.05) is 23.6 Å². The van der Waals surface area contributed by atoms with E-state index in [0.717, 1.165) is 4.88 Å². The van der Waals surface area contributed by atoms with Crippen molar-refractivity contribution in [1.29, 1.82) is 5.26 Å². The molecule has 2 heterocycles. The molecule has 19 heavy (non-hydrogen) atoms. The summed E-state index contributed by atoms with van der Waals surface area (Å²) in [5.41, 5.74) is -0.400. The Balaban J connectivity index is 1.99. The van der Waals surface area contributed by atoms with Gasteiger partial charge in [0.25, 0.3) is 5.91 Å². The molecular formula is C13H13N3O2S. The zero-order valence-corrected chi connectivity index (χ0v) is 11.1. The van der Waals surface area contributed by atoms with Gasteiger partial charge in [-0.1, -0.05) is 6.07 Å². The molecule has 2 aromatic heterocycles. The summed E-state index contributed by atoms with van der Waals surface area (Å²) < 4.78 is 0. The predicted octanol–water partition coefficient (Wildman–Crippen LogP) is 1.59. The van der Waals surface area contributed by atoms with Crippen LogP contribution in [0.15, 0.2) is 29.8 Å².